The molecule has 2 aromatic rings. The average Bonchev–Trinajstić information content (AvgIpc) is 3.66. The molecule has 0 bridgehead atoms. The van der Waals surface area contributed by atoms with Gasteiger partial charge in [0, 0.05) is 60.6 Å². The Balaban J connectivity index is 1.32. The van der Waals surface area contributed by atoms with Crippen LogP contribution in [0.3, 0.4) is 0 Å². The summed E-state index contributed by atoms with van der Waals surface area (Å²) >= 11 is 1.42. The number of piperazine rings is 1. The van der Waals surface area contributed by atoms with E-state index in [2.05, 4.69) is 37.2 Å². The number of benzene rings is 1. The number of ketones is 1. The van der Waals surface area contributed by atoms with Gasteiger partial charge in [-0.1, -0.05) is 5.11 Å². The molecule has 12 nitrogen and oxygen atoms in total. The standard InChI is InChI=1S/C27H32F2N8O4S/c1-27(2,29)11-18(25(40)37-12-19(33-34-30)23-22(37)21(38)13-41-23)31-24(39)15-4-5-16(17(28)10-15)20-14-42-26(32-20)36-8-6-35(3)7-9-36/h4-5,10,14,18-19,22-23H,6-9,11-13H2,1-3H3,(H,31,39)/t18-,19+,22+,23+/m0/s1. The van der Waals surface area contributed by atoms with E-state index in [0.29, 0.717) is 5.69 Å². The molecule has 3 saturated heterocycles. The number of fused-ring (bicyclic) bond motifs is 1. The van der Waals surface area contributed by atoms with Crippen molar-refractivity contribution in [1.82, 2.24) is 20.1 Å². The number of nitrogens with zero attached hydrogens (tertiary/aromatic N) is 7. The molecule has 0 aliphatic carbocycles. The van der Waals surface area contributed by atoms with Crippen LogP contribution in [-0.2, 0) is 14.3 Å². The number of thiazole rings is 1. The number of ether oxygens (including phenoxy) is 1. The summed E-state index contributed by atoms with van der Waals surface area (Å²) in [6, 6.07) is 0.758. The van der Waals surface area contributed by atoms with Gasteiger partial charge in [0.25, 0.3) is 5.91 Å². The Labute approximate surface area is 245 Å². The van der Waals surface area contributed by atoms with Gasteiger partial charge in [0.05, 0.1) is 17.8 Å². The molecular weight excluding hydrogens is 570 g/mol. The van der Waals surface area contributed by atoms with Crippen molar-refractivity contribution in [2.75, 3.05) is 51.3 Å². The van der Waals surface area contributed by atoms with Gasteiger partial charge in [0.2, 0.25) is 5.91 Å². The van der Waals surface area contributed by atoms with Gasteiger partial charge in [-0.05, 0) is 44.6 Å². The Morgan fingerprint density at radius 2 is 2.05 bits per heavy atom. The molecule has 1 aromatic carbocycles. The fraction of sp³-hybridized carbons (Fsp3) is 0.556. The predicted molar refractivity (Wildman–Crippen MR) is 151 cm³/mol. The van der Waals surface area contributed by atoms with Crippen LogP contribution in [0.4, 0.5) is 13.9 Å². The summed E-state index contributed by atoms with van der Waals surface area (Å²) in [5.74, 6) is -2.53. The number of Topliss-reactive ketones (excluding diaryl/α,β-unsaturated/α-hetero) is 1. The number of amides is 2. The van der Waals surface area contributed by atoms with E-state index >= 15 is 4.39 Å². The normalized spacial score (nSPS) is 23.5. The maximum Gasteiger partial charge on any atom is 0.252 e. The highest BCUT2D eigenvalue weighted by atomic mass is 32.1. The minimum Gasteiger partial charge on any atom is -0.367 e. The van der Waals surface area contributed by atoms with Gasteiger partial charge in [0.1, 0.15) is 30.2 Å². The van der Waals surface area contributed by atoms with Gasteiger partial charge in [0.15, 0.2) is 10.9 Å². The second kappa shape index (κ2) is 11.9. The van der Waals surface area contributed by atoms with Crippen molar-refractivity contribution in [1.29, 1.82) is 0 Å². The third kappa shape index (κ3) is 6.24. The van der Waals surface area contributed by atoms with E-state index in [1.165, 1.54) is 42.2 Å². The topological polar surface area (TPSA) is 144 Å². The average molecular weight is 603 g/mol. The first-order valence-electron chi connectivity index (χ1n) is 13.6. The number of likely N-dealkylation sites (tertiary alicyclic amines) is 1. The van der Waals surface area contributed by atoms with Crippen LogP contribution >= 0.6 is 11.3 Å². The Bertz CT molecular complexity index is 1420. The van der Waals surface area contributed by atoms with Crippen LogP contribution in [0.5, 0.6) is 0 Å². The first kappa shape index (κ1) is 29.8. The Hall–Kier alpha value is -3.65. The van der Waals surface area contributed by atoms with Crippen LogP contribution in [0.2, 0.25) is 0 Å². The van der Waals surface area contributed by atoms with Crippen LogP contribution < -0.4 is 10.2 Å². The molecule has 0 spiro atoms. The smallest absolute Gasteiger partial charge is 0.252 e. The second-order valence-corrected chi connectivity index (χ2v) is 12.2. The third-order valence-electron chi connectivity index (χ3n) is 7.71. The molecule has 1 N–H and O–H groups in total. The van der Waals surface area contributed by atoms with Crippen molar-refractivity contribution < 1.29 is 27.9 Å². The monoisotopic (exact) mass is 602 g/mol. The van der Waals surface area contributed by atoms with E-state index in [0.717, 1.165) is 37.4 Å². The minimum absolute atomic E-state index is 0.0632. The van der Waals surface area contributed by atoms with Crippen LogP contribution in [0, 0.1) is 5.82 Å². The lowest BCUT2D eigenvalue weighted by Crippen LogP contribution is -2.53. The largest absolute Gasteiger partial charge is 0.367 e. The van der Waals surface area contributed by atoms with Crippen LogP contribution in [0.25, 0.3) is 21.7 Å². The molecule has 2 amide bonds. The van der Waals surface area contributed by atoms with Crippen LogP contribution in [-0.4, -0.2) is 109 Å². The summed E-state index contributed by atoms with van der Waals surface area (Å²) in [7, 11) is 2.06. The maximum absolute atomic E-state index is 15.3. The molecule has 1 aromatic heterocycles. The SMILES string of the molecule is CN1CCN(c2nc(-c3ccc(C(=O)N[C@@H](CC(C)(C)F)C(=O)N4C[C@@H](N=[N+]=[N-])[C@H]5OCC(=O)[C@H]54)cc3F)cs2)CC1. The number of nitrogens with one attached hydrogen (secondary N) is 1. The maximum atomic E-state index is 15.3. The van der Waals surface area contributed by atoms with E-state index in [1.54, 1.807) is 5.38 Å². The third-order valence-corrected chi connectivity index (χ3v) is 8.61. The number of azide groups is 1. The highest BCUT2D eigenvalue weighted by Crippen LogP contribution is 2.32. The van der Waals surface area contributed by atoms with Gasteiger partial charge in [-0.2, -0.15) is 0 Å². The summed E-state index contributed by atoms with van der Waals surface area (Å²) < 4.78 is 35.5. The summed E-state index contributed by atoms with van der Waals surface area (Å²) in [5, 5.41) is 8.74. The number of rotatable bonds is 8. The minimum atomic E-state index is -1.87. The number of hydrogen-bond acceptors (Lipinski definition) is 9. The molecule has 0 radical (unpaired) electrons. The second-order valence-electron chi connectivity index (χ2n) is 11.4. The van der Waals surface area contributed by atoms with E-state index in [-0.39, 0.29) is 30.1 Å². The van der Waals surface area contributed by atoms with E-state index in [1.807, 2.05) is 0 Å². The lowest BCUT2D eigenvalue weighted by atomic mass is 9.98. The molecule has 3 aliphatic rings. The van der Waals surface area contributed by atoms with E-state index in [4.69, 9.17) is 10.3 Å². The molecule has 5 rings (SSSR count). The van der Waals surface area contributed by atoms with Gasteiger partial charge < -0.3 is 24.8 Å². The van der Waals surface area contributed by atoms with Crippen molar-refractivity contribution in [3.05, 3.63) is 45.4 Å². The molecule has 0 saturated carbocycles. The molecular formula is C27H32F2N8O4S. The van der Waals surface area contributed by atoms with Gasteiger partial charge in [-0.25, -0.2) is 13.8 Å². The summed E-state index contributed by atoms with van der Waals surface area (Å²) in [6.07, 6.45) is -1.21. The fourth-order valence-electron chi connectivity index (χ4n) is 5.55. The fourth-order valence-corrected chi connectivity index (χ4v) is 6.43. The van der Waals surface area contributed by atoms with Crippen molar-refractivity contribution in [3.8, 4) is 11.3 Å². The summed E-state index contributed by atoms with van der Waals surface area (Å²) in [6.45, 7) is 5.63. The summed E-state index contributed by atoms with van der Waals surface area (Å²) in [4.78, 5) is 52.2. The van der Waals surface area contributed by atoms with Gasteiger partial charge in [-0.15, -0.1) is 11.3 Å². The van der Waals surface area contributed by atoms with Crippen molar-refractivity contribution in [2.45, 2.75) is 50.2 Å². The van der Waals surface area contributed by atoms with E-state index in [9.17, 15) is 18.8 Å². The Morgan fingerprint density at radius 1 is 1.31 bits per heavy atom. The van der Waals surface area contributed by atoms with E-state index < -0.39 is 54.0 Å². The zero-order valence-electron chi connectivity index (χ0n) is 23.5. The van der Waals surface area contributed by atoms with Crippen LogP contribution in [0.1, 0.15) is 30.6 Å². The predicted octanol–water partition coefficient (Wildman–Crippen LogP) is 2.80. The summed E-state index contributed by atoms with van der Waals surface area (Å²) in [5.41, 5.74) is 7.65. The number of anilines is 1. The molecule has 4 heterocycles. The number of likely N-dealkylation sites (N-methyl/N-ethyl adjacent to an activating group) is 1. The Morgan fingerprint density at radius 3 is 2.71 bits per heavy atom. The molecule has 15 heteroatoms. The highest BCUT2D eigenvalue weighted by Gasteiger charge is 2.53. The molecule has 0 unspecified atom stereocenters. The zero-order valence-corrected chi connectivity index (χ0v) is 24.3. The molecule has 224 valence electrons. The quantitative estimate of drug-likeness (QED) is 0.278. The number of carbonyl (C=O) groups excluding carboxylic acids is 3. The van der Waals surface area contributed by atoms with Crippen molar-refractivity contribution in [3.63, 3.8) is 0 Å². The van der Waals surface area contributed by atoms with Crippen molar-refractivity contribution >= 4 is 34.1 Å². The Kier molecular flexibility index (Phi) is 8.46. The van der Waals surface area contributed by atoms with Gasteiger partial charge in [-0.3, -0.25) is 14.4 Å². The lowest BCUT2D eigenvalue weighted by molar-refractivity contribution is -0.138. The number of hydrogen-bond donors (Lipinski definition) is 1. The lowest BCUT2D eigenvalue weighted by Gasteiger charge is -2.32. The van der Waals surface area contributed by atoms with Crippen LogP contribution in [0.15, 0.2) is 28.7 Å². The van der Waals surface area contributed by atoms with Crippen molar-refractivity contribution in [2.24, 2.45) is 5.11 Å². The number of alkyl halides is 1. The number of halogens is 2. The molecule has 42 heavy (non-hydrogen) atoms. The number of carbonyl (C=O) groups is 3. The first-order chi connectivity index (χ1) is 19.9. The molecule has 3 aliphatic heterocycles. The zero-order chi connectivity index (χ0) is 30.2. The highest BCUT2D eigenvalue weighted by molar-refractivity contribution is 7.14. The first-order valence-corrected chi connectivity index (χ1v) is 14.5. The molecule has 3 fully saturated rings. The number of aromatic nitrogens is 1. The molecule has 4 atom stereocenters. The van der Waals surface area contributed by atoms with Gasteiger partial charge >= 0.3 is 0 Å².